The van der Waals surface area contributed by atoms with Crippen LogP contribution in [-0.4, -0.2) is 59.3 Å². The van der Waals surface area contributed by atoms with E-state index in [1.807, 2.05) is 32.0 Å². The SMILES string of the molecule is COc1ccc(CNc2ncnc3c2ccn3[C@@H]2C[C@H](CNC(C)C)[C@H]3OC(C)(C)O[C@H]32)c(OC)c1. The van der Waals surface area contributed by atoms with E-state index in [1.165, 1.54) is 0 Å². The number of benzene rings is 1. The third kappa shape index (κ3) is 4.75. The van der Waals surface area contributed by atoms with Crippen LogP contribution < -0.4 is 20.1 Å². The molecule has 5 rings (SSSR count). The Bertz CT molecular complexity index is 1210. The molecular weight excluding hydrogens is 458 g/mol. The molecule has 0 amide bonds. The maximum atomic E-state index is 6.42. The highest BCUT2D eigenvalue weighted by molar-refractivity contribution is 5.87. The van der Waals surface area contributed by atoms with Crippen LogP contribution in [-0.2, 0) is 16.0 Å². The van der Waals surface area contributed by atoms with Gasteiger partial charge in [0.1, 0.15) is 35.4 Å². The maximum absolute atomic E-state index is 6.42. The molecule has 36 heavy (non-hydrogen) atoms. The summed E-state index contributed by atoms with van der Waals surface area (Å²) >= 11 is 0. The number of aromatic nitrogens is 3. The first kappa shape index (κ1) is 24.8. The molecule has 1 aliphatic heterocycles. The molecule has 1 aromatic carbocycles. The topological polar surface area (TPSA) is 91.7 Å². The van der Waals surface area contributed by atoms with Gasteiger partial charge in [-0.15, -0.1) is 0 Å². The van der Waals surface area contributed by atoms with E-state index < -0.39 is 5.79 Å². The fourth-order valence-corrected chi connectivity index (χ4v) is 5.47. The zero-order valence-electron chi connectivity index (χ0n) is 21.9. The summed E-state index contributed by atoms with van der Waals surface area (Å²) in [5.74, 6) is 2.09. The molecule has 0 unspecified atom stereocenters. The second kappa shape index (κ2) is 9.88. The summed E-state index contributed by atoms with van der Waals surface area (Å²) in [5, 5.41) is 8.04. The van der Waals surface area contributed by atoms with E-state index >= 15 is 0 Å². The van der Waals surface area contributed by atoms with E-state index in [2.05, 4.69) is 51.3 Å². The number of anilines is 1. The van der Waals surface area contributed by atoms with Crippen molar-refractivity contribution in [3.63, 3.8) is 0 Å². The summed E-state index contributed by atoms with van der Waals surface area (Å²) in [7, 11) is 3.31. The molecule has 1 saturated carbocycles. The highest BCUT2D eigenvalue weighted by Gasteiger charge is 2.54. The van der Waals surface area contributed by atoms with Gasteiger partial charge in [0.2, 0.25) is 0 Å². The van der Waals surface area contributed by atoms with Crippen LogP contribution in [0, 0.1) is 5.92 Å². The molecule has 3 aromatic rings. The Balaban J connectivity index is 1.39. The van der Waals surface area contributed by atoms with Gasteiger partial charge < -0.3 is 34.1 Å². The first-order valence-electron chi connectivity index (χ1n) is 12.6. The number of fused-ring (bicyclic) bond motifs is 2. The minimum absolute atomic E-state index is 0.0236. The molecular formula is C27H37N5O4. The number of nitrogens with one attached hydrogen (secondary N) is 2. The number of ether oxygens (including phenoxy) is 4. The molecule has 1 saturated heterocycles. The zero-order valence-corrected chi connectivity index (χ0v) is 21.9. The summed E-state index contributed by atoms with van der Waals surface area (Å²) in [6.45, 7) is 9.81. The van der Waals surface area contributed by atoms with E-state index in [0.29, 0.717) is 18.5 Å². The summed E-state index contributed by atoms with van der Waals surface area (Å²) in [5.41, 5.74) is 1.91. The summed E-state index contributed by atoms with van der Waals surface area (Å²) in [6.07, 6.45) is 4.71. The molecule has 9 nitrogen and oxygen atoms in total. The Morgan fingerprint density at radius 2 is 1.92 bits per heavy atom. The minimum atomic E-state index is -0.591. The van der Waals surface area contributed by atoms with Crippen LogP contribution in [0.15, 0.2) is 36.8 Å². The molecule has 9 heteroatoms. The summed E-state index contributed by atoms with van der Waals surface area (Å²) < 4.78 is 25.9. The fourth-order valence-electron chi connectivity index (χ4n) is 5.47. The van der Waals surface area contributed by atoms with Gasteiger partial charge in [0.25, 0.3) is 0 Å². The average molecular weight is 496 g/mol. The Labute approximate surface area is 212 Å². The zero-order chi connectivity index (χ0) is 25.4. The van der Waals surface area contributed by atoms with E-state index in [-0.39, 0.29) is 18.2 Å². The van der Waals surface area contributed by atoms with E-state index in [1.54, 1.807) is 20.5 Å². The monoisotopic (exact) mass is 495 g/mol. The van der Waals surface area contributed by atoms with Gasteiger partial charge in [-0.05, 0) is 38.5 Å². The third-order valence-corrected chi connectivity index (χ3v) is 7.15. The van der Waals surface area contributed by atoms with Gasteiger partial charge in [-0.25, -0.2) is 9.97 Å². The number of hydrogen-bond donors (Lipinski definition) is 2. The Morgan fingerprint density at radius 3 is 2.67 bits per heavy atom. The van der Waals surface area contributed by atoms with Crippen LogP contribution in [0.1, 0.15) is 45.7 Å². The van der Waals surface area contributed by atoms with Gasteiger partial charge in [0.15, 0.2) is 5.79 Å². The molecule has 4 atom stereocenters. The maximum Gasteiger partial charge on any atom is 0.163 e. The lowest BCUT2D eigenvalue weighted by Gasteiger charge is -2.25. The molecule has 1 aliphatic carbocycles. The number of hydrogen-bond acceptors (Lipinski definition) is 8. The number of nitrogens with zero attached hydrogens (tertiary/aromatic N) is 3. The Hall–Kier alpha value is -2.88. The third-order valence-electron chi connectivity index (χ3n) is 7.15. The standard InChI is InChI=1S/C27H37N5O4/c1-16(2)28-14-18-11-21(24-23(18)35-27(3,4)36-24)32-10-9-20-25(30-15-31-26(20)32)29-13-17-7-8-19(33-5)12-22(17)34-6/h7-10,12,15-16,18,21,23-24,28H,11,13-14H2,1-6H3,(H,29,30,31)/t18-,21-,23-,24+/m1/s1. The highest BCUT2D eigenvalue weighted by atomic mass is 16.8. The van der Waals surface area contributed by atoms with Crippen molar-refractivity contribution in [1.82, 2.24) is 19.9 Å². The normalized spacial score (nSPS) is 24.9. The molecule has 0 radical (unpaired) electrons. The van der Waals surface area contributed by atoms with Crippen molar-refractivity contribution >= 4 is 16.9 Å². The van der Waals surface area contributed by atoms with Crippen molar-refractivity contribution in [2.75, 3.05) is 26.1 Å². The lowest BCUT2D eigenvalue weighted by Crippen LogP contribution is -2.35. The predicted octanol–water partition coefficient (Wildman–Crippen LogP) is 4.14. The largest absolute Gasteiger partial charge is 0.497 e. The summed E-state index contributed by atoms with van der Waals surface area (Å²) in [4.78, 5) is 9.20. The fraction of sp³-hybridized carbons (Fsp3) is 0.556. The molecule has 194 valence electrons. The molecule has 2 N–H and O–H groups in total. The van der Waals surface area contributed by atoms with Crippen LogP contribution in [0.3, 0.4) is 0 Å². The second-order valence-corrected chi connectivity index (χ2v) is 10.4. The van der Waals surface area contributed by atoms with Gasteiger partial charge in [-0.1, -0.05) is 13.8 Å². The number of rotatable bonds is 9. The summed E-state index contributed by atoms with van der Waals surface area (Å²) in [6, 6.07) is 8.46. The van der Waals surface area contributed by atoms with Gasteiger partial charge in [-0.3, -0.25) is 0 Å². The molecule has 0 bridgehead atoms. The predicted molar refractivity (Wildman–Crippen MR) is 139 cm³/mol. The highest BCUT2D eigenvalue weighted by Crippen LogP contribution is 2.47. The lowest BCUT2D eigenvalue weighted by atomic mass is 10.1. The van der Waals surface area contributed by atoms with E-state index in [9.17, 15) is 0 Å². The number of methoxy groups -OCH3 is 2. The first-order valence-corrected chi connectivity index (χ1v) is 12.6. The van der Waals surface area contributed by atoms with Crippen molar-refractivity contribution in [3.8, 4) is 11.5 Å². The first-order chi connectivity index (χ1) is 17.3. The van der Waals surface area contributed by atoms with Gasteiger partial charge in [-0.2, -0.15) is 0 Å². The van der Waals surface area contributed by atoms with Gasteiger partial charge >= 0.3 is 0 Å². The van der Waals surface area contributed by atoms with Crippen molar-refractivity contribution in [1.29, 1.82) is 0 Å². The minimum Gasteiger partial charge on any atom is -0.497 e. The molecule has 2 aromatic heterocycles. The van der Waals surface area contributed by atoms with Crippen molar-refractivity contribution in [3.05, 3.63) is 42.4 Å². The Kier molecular flexibility index (Phi) is 6.80. The van der Waals surface area contributed by atoms with Gasteiger partial charge in [0.05, 0.1) is 31.8 Å². The van der Waals surface area contributed by atoms with Crippen LogP contribution in [0.4, 0.5) is 5.82 Å². The average Bonchev–Trinajstić information content (AvgIpc) is 3.52. The quantitative estimate of drug-likeness (QED) is 0.458. The molecule has 2 aliphatic rings. The Morgan fingerprint density at radius 1 is 1.11 bits per heavy atom. The van der Waals surface area contributed by atoms with Crippen molar-refractivity contribution in [2.24, 2.45) is 5.92 Å². The molecule has 2 fully saturated rings. The van der Waals surface area contributed by atoms with Crippen molar-refractivity contribution < 1.29 is 18.9 Å². The second-order valence-electron chi connectivity index (χ2n) is 10.4. The van der Waals surface area contributed by atoms with Crippen molar-refractivity contribution in [2.45, 2.75) is 70.7 Å². The lowest BCUT2D eigenvalue weighted by molar-refractivity contribution is -0.160. The van der Waals surface area contributed by atoms with Crippen LogP contribution in [0.5, 0.6) is 11.5 Å². The van der Waals surface area contributed by atoms with Crippen LogP contribution in [0.25, 0.3) is 11.0 Å². The van der Waals surface area contributed by atoms with E-state index in [0.717, 1.165) is 46.9 Å². The van der Waals surface area contributed by atoms with Crippen LogP contribution >= 0.6 is 0 Å². The van der Waals surface area contributed by atoms with Gasteiger partial charge in [0, 0.05) is 42.9 Å². The van der Waals surface area contributed by atoms with E-state index in [4.69, 9.17) is 18.9 Å². The molecule has 3 heterocycles. The molecule has 0 spiro atoms. The van der Waals surface area contributed by atoms with Crippen LogP contribution in [0.2, 0.25) is 0 Å². The smallest absolute Gasteiger partial charge is 0.163 e.